The van der Waals surface area contributed by atoms with Gasteiger partial charge in [-0.2, -0.15) is 0 Å². The van der Waals surface area contributed by atoms with Gasteiger partial charge in [0.1, 0.15) is 5.82 Å². The van der Waals surface area contributed by atoms with E-state index in [2.05, 4.69) is 10.6 Å². The largest absolute Gasteiger partial charge is 0.320 e. The molecule has 96 valence electrons. The predicted molar refractivity (Wildman–Crippen MR) is 71.3 cm³/mol. The smallest absolute Gasteiger partial charge is 0.126 e. The molecule has 0 amide bonds. The van der Waals surface area contributed by atoms with E-state index in [1.807, 2.05) is 7.05 Å². The molecular weight excluding hydrogens is 239 g/mol. The van der Waals surface area contributed by atoms with Crippen LogP contribution in [0.2, 0.25) is 5.02 Å². The molecule has 17 heavy (non-hydrogen) atoms. The van der Waals surface area contributed by atoms with Gasteiger partial charge in [-0.1, -0.05) is 11.6 Å². The van der Waals surface area contributed by atoms with Crippen molar-refractivity contribution in [1.82, 2.24) is 10.6 Å². The van der Waals surface area contributed by atoms with Gasteiger partial charge < -0.3 is 10.6 Å². The van der Waals surface area contributed by atoms with E-state index in [4.69, 9.17) is 11.6 Å². The Kier molecular flexibility index (Phi) is 6.48. The molecule has 1 aromatic rings. The number of nitrogens with one attached hydrogen (secondary N) is 2. The summed E-state index contributed by atoms with van der Waals surface area (Å²) in [6.07, 6.45) is 1.85. The summed E-state index contributed by atoms with van der Waals surface area (Å²) in [5.41, 5.74) is 1.47. The average molecular weight is 259 g/mol. The number of rotatable bonds is 7. The quantitative estimate of drug-likeness (QED) is 0.735. The molecule has 1 rings (SSSR count). The van der Waals surface area contributed by atoms with Crippen LogP contribution in [-0.4, -0.2) is 26.7 Å². The normalized spacial score (nSPS) is 10.8. The predicted octanol–water partition coefficient (Wildman–Crippen LogP) is 2.53. The van der Waals surface area contributed by atoms with Crippen LogP contribution in [0.15, 0.2) is 12.1 Å². The van der Waals surface area contributed by atoms with Crippen molar-refractivity contribution in [2.75, 3.05) is 26.7 Å². The van der Waals surface area contributed by atoms with Crippen molar-refractivity contribution in [2.24, 2.45) is 0 Å². The van der Waals surface area contributed by atoms with E-state index in [1.165, 1.54) is 6.07 Å². The first-order valence-corrected chi connectivity index (χ1v) is 6.32. The standard InChI is InChI=1S/C13H20ClFN2/c1-10-8-12(14)11(9-13(10)15)4-7-17-6-3-5-16-2/h8-9,16-17H,3-7H2,1-2H3. The summed E-state index contributed by atoms with van der Waals surface area (Å²) in [6, 6.07) is 3.22. The van der Waals surface area contributed by atoms with E-state index in [0.717, 1.165) is 38.0 Å². The molecule has 0 aromatic heterocycles. The molecule has 0 heterocycles. The van der Waals surface area contributed by atoms with Gasteiger partial charge in [-0.15, -0.1) is 0 Å². The van der Waals surface area contributed by atoms with E-state index in [-0.39, 0.29) is 5.82 Å². The minimum absolute atomic E-state index is 0.181. The molecule has 0 atom stereocenters. The Labute approximate surface area is 108 Å². The summed E-state index contributed by atoms with van der Waals surface area (Å²) in [7, 11) is 1.94. The highest BCUT2D eigenvalue weighted by Gasteiger charge is 2.05. The third-order valence-electron chi connectivity index (χ3n) is 2.68. The summed E-state index contributed by atoms with van der Waals surface area (Å²) in [6.45, 7) is 4.52. The van der Waals surface area contributed by atoms with Crippen LogP contribution in [0.5, 0.6) is 0 Å². The number of hydrogen-bond donors (Lipinski definition) is 2. The fraction of sp³-hybridized carbons (Fsp3) is 0.538. The molecule has 0 bridgehead atoms. The van der Waals surface area contributed by atoms with E-state index in [0.29, 0.717) is 10.6 Å². The SMILES string of the molecule is CNCCCNCCc1cc(F)c(C)cc1Cl. The lowest BCUT2D eigenvalue weighted by Gasteiger charge is -2.08. The zero-order valence-electron chi connectivity index (χ0n) is 10.4. The third-order valence-corrected chi connectivity index (χ3v) is 3.03. The van der Waals surface area contributed by atoms with E-state index < -0.39 is 0 Å². The molecule has 0 spiro atoms. The number of aryl methyl sites for hydroxylation is 1. The van der Waals surface area contributed by atoms with Crippen molar-refractivity contribution in [3.8, 4) is 0 Å². The number of benzene rings is 1. The van der Waals surface area contributed by atoms with Crippen molar-refractivity contribution >= 4 is 11.6 Å². The average Bonchev–Trinajstić information content (AvgIpc) is 2.30. The number of halogens is 2. The fourth-order valence-electron chi connectivity index (χ4n) is 1.62. The van der Waals surface area contributed by atoms with Gasteiger partial charge in [0.05, 0.1) is 0 Å². The first-order valence-electron chi connectivity index (χ1n) is 5.95. The maximum Gasteiger partial charge on any atom is 0.126 e. The van der Waals surface area contributed by atoms with E-state index >= 15 is 0 Å². The Morgan fingerprint density at radius 3 is 2.71 bits per heavy atom. The summed E-state index contributed by atoms with van der Waals surface area (Å²) < 4.78 is 13.3. The Bertz CT molecular complexity index is 356. The lowest BCUT2D eigenvalue weighted by Crippen LogP contribution is -2.22. The Morgan fingerprint density at radius 2 is 2.00 bits per heavy atom. The maximum atomic E-state index is 13.3. The molecule has 0 aliphatic carbocycles. The molecular formula is C13H20ClFN2. The van der Waals surface area contributed by atoms with Gasteiger partial charge in [0.15, 0.2) is 0 Å². The Morgan fingerprint density at radius 1 is 1.24 bits per heavy atom. The van der Waals surface area contributed by atoms with Crippen molar-refractivity contribution < 1.29 is 4.39 Å². The van der Waals surface area contributed by atoms with Crippen molar-refractivity contribution in [3.05, 3.63) is 34.1 Å². The molecule has 0 saturated heterocycles. The van der Waals surface area contributed by atoms with Crippen LogP contribution in [-0.2, 0) is 6.42 Å². The van der Waals surface area contributed by atoms with Crippen LogP contribution in [0.4, 0.5) is 4.39 Å². The first kappa shape index (κ1) is 14.4. The van der Waals surface area contributed by atoms with Crippen LogP contribution in [0.25, 0.3) is 0 Å². The first-order chi connectivity index (χ1) is 8.15. The Hall–Kier alpha value is -0.640. The van der Waals surface area contributed by atoms with Crippen molar-refractivity contribution in [2.45, 2.75) is 19.8 Å². The molecule has 0 radical (unpaired) electrons. The topological polar surface area (TPSA) is 24.1 Å². The molecule has 0 aliphatic heterocycles. The Balaban J connectivity index is 2.34. The monoisotopic (exact) mass is 258 g/mol. The van der Waals surface area contributed by atoms with Gasteiger partial charge in [0, 0.05) is 5.02 Å². The second-order valence-electron chi connectivity index (χ2n) is 4.15. The molecule has 0 saturated carbocycles. The summed E-state index contributed by atoms with van der Waals surface area (Å²) in [5, 5.41) is 7.05. The van der Waals surface area contributed by atoms with Gasteiger partial charge in [0.25, 0.3) is 0 Å². The molecule has 0 unspecified atom stereocenters. The van der Waals surface area contributed by atoms with E-state index in [9.17, 15) is 4.39 Å². The fourth-order valence-corrected chi connectivity index (χ4v) is 1.93. The van der Waals surface area contributed by atoms with Gasteiger partial charge in [-0.25, -0.2) is 4.39 Å². The van der Waals surface area contributed by atoms with Gasteiger partial charge in [-0.3, -0.25) is 0 Å². The third kappa shape index (κ3) is 5.02. The van der Waals surface area contributed by atoms with Crippen LogP contribution >= 0.6 is 11.6 Å². The summed E-state index contributed by atoms with van der Waals surface area (Å²) in [5.74, 6) is -0.181. The lowest BCUT2D eigenvalue weighted by molar-refractivity contribution is 0.608. The highest BCUT2D eigenvalue weighted by atomic mass is 35.5. The van der Waals surface area contributed by atoms with Crippen LogP contribution in [0, 0.1) is 12.7 Å². The van der Waals surface area contributed by atoms with E-state index in [1.54, 1.807) is 13.0 Å². The van der Waals surface area contributed by atoms with Crippen LogP contribution in [0.1, 0.15) is 17.5 Å². The molecule has 1 aromatic carbocycles. The molecule has 4 heteroatoms. The van der Waals surface area contributed by atoms with Gasteiger partial charge in [-0.05, 0) is 69.7 Å². The van der Waals surface area contributed by atoms with Gasteiger partial charge in [0.2, 0.25) is 0 Å². The molecule has 0 fully saturated rings. The highest BCUT2D eigenvalue weighted by Crippen LogP contribution is 2.20. The molecule has 2 N–H and O–H groups in total. The molecule has 0 aliphatic rings. The van der Waals surface area contributed by atoms with Crippen molar-refractivity contribution in [3.63, 3.8) is 0 Å². The summed E-state index contributed by atoms with van der Waals surface area (Å²) in [4.78, 5) is 0. The summed E-state index contributed by atoms with van der Waals surface area (Å²) >= 11 is 6.06. The second kappa shape index (κ2) is 7.64. The van der Waals surface area contributed by atoms with Crippen molar-refractivity contribution in [1.29, 1.82) is 0 Å². The zero-order chi connectivity index (χ0) is 12.7. The lowest BCUT2D eigenvalue weighted by atomic mass is 10.1. The van der Waals surface area contributed by atoms with Crippen LogP contribution < -0.4 is 10.6 Å². The molecule has 2 nitrogen and oxygen atoms in total. The maximum absolute atomic E-state index is 13.3. The minimum Gasteiger partial charge on any atom is -0.320 e. The van der Waals surface area contributed by atoms with Gasteiger partial charge >= 0.3 is 0 Å². The second-order valence-corrected chi connectivity index (χ2v) is 4.56. The number of hydrogen-bond acceptors (Lipinski definition) is 2. The highest BCUT2D eigenvalue weighted by molar-refractivity contribution is 6.31. The zero-order valence-corrected chi connectivity index (χ0v) is 11.2. The van der Waals surface area contributed by atoms with Crippen LogP contribution in [0.3, 0.4) is 0 Å². The minimum atomic E-state index is -0.181.